The minimum atomic E-state index is -0.323. The minimum absolute atomic E-state index is 0.172. The average Bonchev–Trinajstić information content (AvgIpc) is 2.71. The third-order valence-electron chi connectivity index (χ3n) is 3.68. The average molecular weight is 373 g/mol. The van der Waals surface area contributed by atoms with Crippen LogP contribution in [0.1, 0.15) is 11.1 Å². The lowest BCUT2D eigenvalue weighted by molar-refractivity contribution is -0.125. The molecule has 0 heterocycles. The van der Waals surface area contributed by atoms with Gasteiger partial charge in [-0.25, -0.2) is 0 Å². The monoisotopic (exact) mass is 373 g/mol. The molecule has 8 heteroatoms. The number of carbonyl (C=O) groups is 1. The van der Waals surface area contributed by atoms with Gasteiger partial charge in [-0.1, -0.05) is 11.2 Å². The third-order valence-corrected chi connectivity index (χ3v) is 3.68. The van der Waals surface area contributed by atoms with Crippen LogP contribution in [0, 0.1) is 0 Å². The molecule has 0 aliphatic carbocycles. The summed E-state index contributed by atoms with van der Waals surface area (Å²) in [5.74, 6) is 1.78. The Balaban J connectivity index is 1.81. The van der Waals surface area contributed by atoms with Crippen molar-refractivity contribution in [3.63, 3.8) is 0 Å². The lowest BCUT2D eigenvalue weighted by atomic mass is 10.2. The van der Waals surface area contributed by atoms with E-state index in [1.807, 2.05) is 6.07 Å². The molecule has 0 spiro atoms. The number of carbonyl (C=O) groups excluding carboxylic acids is 1. The Hall–Kier alpha value is -3.42. The molecule has 0 radical (unpaired) electrons. The van der Waals surface area contributed by atoms with Gasteiger partial charge in [-0.2, -0.15) is 0 Å². The molecule has 0 aliphatic rings. The first-order valence-corrected chi connectivity index (χ1v) is 8.14. The molecule has 8 nitrogen and oxygen atoms in total. The fourth-order valence-corrected chi connectivity index (χ4v) is 2.22. The molecule has 2 aromatic rings. The van der Waals surface area contributed by atoms with Crippen LogP contribution >= 0.6 is 0 Å². The largest absolute Gasteiger partial charge is 0.497 e. The highest BCUT2D eigenvalue weighted by Gasteiger charge is 2.07. The quantitative estimate of drug-likeness (QED) is 0.394. The Labute approximate surface area is 157 Å². The van der Waals surface area contributed by atoms with E-state index in [1.54, 1.807) is 57.7 Å². The van der Waals surface area contributed by atoms with Gasteiger partial charge in [0.25, 0.3) is 5.91 Å². The Bertz CT molecular complexity index is 790. The molecule has 0 aromatic heterocycles. The number of methoxy groups -OCH3 is 3. The van der Waals surface area contributed by atoms with Gasteiger partial charge < -0.3 is 30.1 Å². The highest BCUT2D eigenvalue weighted by atomic mass is 16.6. The molecule has 0 unspecified atom stereocenters. The van der Waals surface area contributed by atoms with Crippen LogP contribution in [0.5, 0.6) is 17.2 Å². The maximum Gasteiger partial charge on any atom is 0.261 e. The standard InChI is InChI=1S/C19H23N3O5/c1-24-15-7-5-14(6-8-15)19(20)22-27-12-18(23)21-11-13-4-9-16(25-2)17(10-13)26-3/h4-10H,11-12H2,1-3H3,(H2,20,22)(H,21,23). The van der Waals surface area contributed by atoms with Crippen LogP contribution in [0.15, 0.2) is 47.6 Å². The van der Waals surface area contributed by atoms with Gasteiger partial charge in [0.1, 0.15) is 5.75 Å². The number of hydrogen-bond donors (Lipinski definition) is 2. The highest BCUT2D eigenvalue weighted by Crippen LogP contribution is 2.27. The number of ether oxygens (including phenoxy) is 3. The van der Waals surface area contributed by atoms with E-state index in [2.05, 4.69) is 10.5 Å². The van der Waals surface area contributed by atoms with Crippen LogP contribution in [0.2, 0.25) is 0 Å². The molecule has 0 aliphatic heterocycles. The topological polar surface area (TPSA) is 104 Å². The zero-order valence-electron chi connectivity index (χ0n) is 15.5. The van der Waals surface area contributed by atoms with Gasteiger partial charge in [-0.15, -0.1) is 0 Å². The van der Waals surface area contributed by atoms with E-state index in [4.69, 9.17) is 24.8 Å². The summed E-state index contributed by atoms with van der Waals surface area (Å²) in [4.78, 5) is 16.9. The van der Waals surface area contributed by atoms with Crippen molar-refractivity contribution in [1.82, 2.24) is 5.32 Å². The molecule has 1 amide bonds. The number of amides is 1. The van der Waals surface area contributed by atoms with Gasteiger partial charge in [0.2, 0.25) is 0 Å². The summed E-state index contributed by atoms with van der Waals surface area (Å²) in [5, 5.41) is 6.48. The Morgan fingerprint density at radius 2 is 1.70 bits per heavy atom. The summed E-state index contributed by atoms with van der Waals surface area (Å²) in [6.07, 6.45) is 0. The van der Waals surface area contributed by atoms with Crippen LogP contribution in [-0.2, 0) is 16.2 Å². The van der Waals surface area contributed by atoms with Crippen molar-refractivity contribution in [2.75, 3.05) is 27.9 Å². The summed E-state index contributed by atoms with van der Waals surface area (Å²) in [6, 6.07) is 12.4. The van der Waals surface area contributed by atoms with Gasteiger partial charge in [0.05, 0.1) is 21.3 Å². The fraction of sp³-hybridized carbons (Fsp3) is 0.263. The normalized spacial score (nSPS) is 10.9. The van der Waals surface area contributed by atoms with Crippen LogP contribution in [0.4, 0.5) is 0 Å². The van der Waals surface area contributed by atoms with Crippen molar-refractivity contribution >= 4 is 11.7 Å². The number of amidine groups is 1. The van der Waals surface area contributed by atoms with E-state index in [0.29, 0.717) is 29.4 Å². The highest BCUT2D eigenvalue weighted by molar-refractivity contribution is 5.97. The van der Waals surface area contributed by atoms with Gasteiger partial charge >= 0.3 is 0 Å². The predicted octanol–water partition coefficient (Wildman–Crippen LogP) is 1.67. The van der Waals surface area contributed by atoms with Gasteiger partial charge in [-0.05, 0) is 42.0 Å². The number of nitrogens with one attached hydrogen (secondary N) is 1. The number of nitrogens with zero attached hydrogens (tertiary/aromatic N) is 1. The van der Waals surface area contributed by atoms with Crippen LogP contribution < -0.4 is 25.3 Å². The molecular weight excluding hydrogens is 350 g/mol. The molecule has 0 bridgehead atoms. The van der Waals surface area contributed by atoms with Crippen molar-refractivity contribution in [2.24, 2.45) is 10.9 Å². The molecule has 0 saturated heterocycles. The summed E-state index contributed by atoms with van der Waals surface area (Å²) in [6.45, 7) is 0.0738. The number of benzene rings is 2. The van der Waals surface area contributed by atoms with Crippen LogP contribution in [0.25, 0.3) is 0 Å². The molecule has 2 rings (SSSR count). The number of nitrogens with two attached hydrogens (primary N) is 1. The van der Waals surface area contributed by atoms with Crippen molar-refractivity contribution in [3.05, 3.63) is 53.6 Å². The van der Waals surface area contributed by atoms with E-state index >= 15 is 0 Å². The second kappa shape index (κ2) is 9.91. The molecule has 144 valence electrons. The first kappa shape index (κ1) is 19.9. The van der Waals surface area contributed by atoms with Crippen molar-refractivity contribution < 1.29 is 23.8 Å². The second-order valence-corrected chi connectivity index (χ2v) is 5.44. The molecule has 3 N–H and O–H groups in total. The van der Waals surface area contributed by atoms with E-state index in [9.17, 15) is 4.79 Å². The fourth-order valence-electron chi connectivity index (χ4n) is 2.22. The van der Waals surface area contributed by atoms with Crippen molar-refractivity contribution in [2.45, 2.75) is 6.54 Å². The number of hydrogen-bond acceptors (Lipinski definition) is 6. The molecule has 27 heavy (non-hydrogen) atoms. The molecule has 0 atom stereocenters. The van der Waals surface area contributed by atoms with Crippen molar-refractivity contribution in [3.8, 4) is 17.2 Å². The molecule has 2 aromatic carbocycles. The van der Waals surface area contributed by atoms with Crippen LogP contribution in [-0.4, -0.2) is 39.7 Å². The zero-order chi connectivity index (χ0) is 19.6. The third kappa shape index (κ3) is 5.81. The van der Waals surface area contributed by atoms with E-state index in [-0.39, 0.29) is 18.3 Å². The minimum Gasteiger partial charge on any atom is -0.497 e. The summed E-state index contributed by atoms with van der Waals surface area (Å²) >= 11 is 0. The molecule has 0 fully saturated rings. The molecular formula is C19H23N3O5. The lowest BCUT2D eigenvalue weighted by Gasteiger charge is -2.10. The first-order chi connectivity index (χ1) is 13.1. The number of oxime groups is 1. The van der Waals surface area contributed by atoms with E-state index in [1.165, 1.54) is 0 Å². The summed E-state index contributed by atoms with van der Waals surface area (Å²) < 4.78 is 15.5. The number of rotatable bonds is 9. The van der Waals surface area contributed by atoms with Gasteiger partial charge in [0, 0.05) is 12.1 Å². The summed E-state index contributed by atoms with van der Waals surface area (Å²) in [7, 11) is 4.70. The summed E-state index contributed by atoms with van der Waals surface area (Å²) in [5.41, 5.74) is 7.36. The maximum absolute atomic E-state index is 11.9. The first-order valence-electron chi connectivity index (χ1n) is 8.14. The van der Waals surface area contributed by atoms with Gasteiger partial charge in [-0.3, -0.25) is 4.79 Å². The maximum atomic E-state index is 11.9. The second-order valence-electron chi connectivity index (χ2n) is 5.44. The van der Waals surface area contributed by atoms with Crippen LogP contribution in [0.3, 0.4) is 0 Å². The Morgan fingerprint density at radius 3 is 2.33 bits per heavy atom. The van der Waals surface area contributed by atoms with Gasteiger partial charge in [0.15, 0.2) is 23.9 Å². The predicted molar refractivity (Wildman–Crippen MR) is 101 cm³/mol. The zero-order valence-corrected chi connectivity index (χ0v) is 15.5. The SMILES string of the molecule is COc1ccc(/C(N)=N/OCC(=O)NCc2ccc(OC)c(OC)c2)cc1. The van der Waals surface area contributed by atoms with E-state index in [0.717, 1.165) is 5.56 Å². The van der Waals surface area contributed by atoms with Crippen molar-refractivity contribution in [1.29, 1.82) is 0 Å². The molecule has 0 saturated carbocycles. The Morgan fingerprint density at radius 1 is 1.00 bits per heavy atom. The van der Waals surface area contributed by atoms with E-state index < -0.39 is 0 Å². The Kier molecular flexibility index (Phi) is 7.30. The smallest absolute Gasteiger partial charge is 0.261 e. The lowest BCUT2D eigenvalue weighted by Crippen LogP contribution is -2.27.